The number of carbonyl (C=O) groups is 1. The third-order valence-electron chi connectivity index (χ3n) is 6.15. The highest BCUT2D eigenvalue weighted by molar-refractivity contribution is 7.89. The highest BCUT2D eigenvalue weighted by Gasteiger charge is 2.35. The number of sulfonamides is 1. The van der Waals surface area contributed by atoms with Crippen LogP contribution in [0.15, 0.2) is 71.9 Å². The van der Waals surface area contributed by atoms with Gasteiger partial charge in [-0.1, -0.05) is 29.0 Å². The van der Waals surface area contributed by atoms with E-state index in [2.05, 4.69) is 9.97 Å². The van der Waals surface area contributed by atoms with Crippen LogP contribution in [0.5, 0.6) is 0 Å². The van der Waals surface area contributed by atoms with Crippen molar-refractivity contribution in [3.05, 3.63) is 83.4 Å². The van der Waals surface area contributed by atoms with Crippen LogP contribution in [0.4, 0.5) is 9.52 Å². The molecule has 1 amide bonds. The van der Waals surface area contributed by atoms with Crippen molar-refractivity contribution < 1.29 is 17.6 Å². The molecule has 0 atom stereocenters. The fourth-order valence-corrected chi connectivity index (χ4v) is 6.95. The van der Waals surface area contributed by atoms with Gasteiger partial charge in [0.15, 0.2) is 5.13 Å². The maximum atomic E-state index is 13.7. The molecule has 0 unspecified atom stereocenters. The van der Waals surface area contributed by atoms with Crippen molar-refractivity contribution in [3.63, 3.8) is 0 Å². The molecule has 11 heteroatoms. The summed E-state index contributed by atoms with van der Waals surface area (Å²) in [4.78, 5) is 24.3. The summed E-state index contributed by atoms with van der Waals surface area (Å²) >= 11 is 7.53. The molecule has 36 heavy (non-hydrogen) atoms. The number of aromatic nitrogens is 2. The SMILES string of the molecule is O=C(C1CCN(S(=O)(=O)c2ccc(F)cc2)CC1)N(Cc1cccnc1)c1nc2ccc(Cl)cc2s1. The number of thiazole rings is 1. The molecule has 1 saturated heterocycles. The molecule has 2 aromatic carbocycles. The number of benzene rings is 2. The van der Waals surface area contributed by atoms with Crippen LogP contribution in [0, 0.1) is 11.7 Å². The van der Waals surface area contributed by atoms with Crippen molar-refractivity contribution in [1.29, 1.82) is 0 Å². The third kappa shape index (κ3) is 5.12. The van der Waals surface area contributed by atoms with Gasteiger partial charge in [-0.3, -0.25) is 14.7 Å². The van der Waals surface area contributed by atoms with Gasteiger partial charge in [-0.2, -0.15) is 4.31 Å². The summed E-state index contributed by atoms with van der Waals surface area (Å²) in [5.41, 5.74) is 1.61. The number of nitrogens with zero attached hydrogens (tertiary/aromatic N) is 4. The van der Waals surface area contributed by atoms with Gasteiger partial charge in [-0.05, 0) is 66.9 Å². The Bertz CT molecular complexity index is 1490. The first-order chi connectivity index (χ1) is 17.3. The van der Waals surface area contributed by atoms with Crippen LogP contribution in [0.25, 0.3) is 10.2 Å². The summed E-state index contributed by atoms with van der Waals surface area (Å²) in [7, 11) is -3.76. The van der Waals surface area contributed by atoms with Gasteiger partial charge in [0.05, 0.1) is 21.7 Å². The van der Waals surface area contributed by atoms with E-state index >= 15 is 0 Å². The quantitative estimate of drug-likeness (QED) is 0.336. The molecule has 7 nitrogen and oxygen atoms in total. The van der Waals surface area contributed by atoms with Crippen LogP contribution in [0.3, 0.4) is 0 Å². The number of fused-ring (bicyclic) bond motifs is 1. The predicted molar refractivity (Wildman–Crippen MR) is 138 cm³/mol. The minimum atomic E-state index is -3.76. The number of pyridine rings is 1. The summed E-state index contributed by atoms with van der Waals surface area (Å²) in [6.07, 6.45) is 4.13. The summed E-state index contributed by atoms with van der Waals surface area (Å²) in [6.45, 7) is 0.701. The molecule has 1 aliphatic rings. The molecular formula is C25H22ClFN4O3S2. The Hall–Kier alpha value is -2.92. The average molecular weight is 545 g/mol. The van der Waals surface area contributed by atoms with Crippen molar-refractivity contribution in [2.24, 2.45) is 5.92 Å². The second-order valence-electron chi connectivity index (χ2n) is 8.53. The van der Waals surface area contributed by atoms with Crippen molar-refractivity contribution >= 4 is 54.2 Å². The number of rotatable bonds is 6. The Morgan fingerprint density at radius 1 is 1.14 bits per heavy atom. The molecule has 5 rings (SSSR count). The summed E-state index contributed by atoms with van der Waals surface area (Å²) in [6, 6.07) is 13.9. The Labute approximate surface area is 217 Å². The van der Waals surface area contributed by atoms with Crippen LogP contribution in [0.1, 0.15) is 18.4 Å². The molecule has 3 heterocycles. The van der Waals surface area contributed by atoms with Gasteiger partial charge in [0.25, 0.3) is 0 Å². The normalized spacial score (nSPS) is 15.3. The first kappa shape index (κ1) is 24.8. The monoisotopic (exact) mass is 544 g/mol. The number of carbonyl (C=O) groups excluding carboxylic acids is 1. The first-order valence-corrected chi connectivity index (χ1v) is 14.0. The van der Waals surface area contributed by atoms with Gasteiger partial charge < -0.3 is 0 Å². The lowest BCUT2D eigenvalue weighted by Crippen LogP contribution is -2.44. The van der Waals surface area contributed by atoms with E-state index < -0.39 is 15.8 Å². The predicted octanol–water partition coefficient (Wildman–Crippen LogP) is 5.12. The van der Waals surface area contributed by atoms with E-state index in [0.717, 1.165) is 27.9 Å². The van der Waals surface area contributed by atoms with Gasteiger partial charge in [0.1, 0.15) is 5.82 Å². The minimum absolute atomic E-state index is 0.0417. The highest BCUT2D eigenvalue weighted by atomic mass is 35.5. The highest BCUT2D eigenvalue weighted by Crippen LogP contribution is 2.34. The average Bonchev–Trinajstić information content (AvgIpc) is 3.31. The Kier molecular flexibility index (Phi) is 7.03. The molecule has 0 aliphatic carbocycles. The first-order valence-electron chi connectivity index (χ1n) is 11.3. The molecule has 0 N–H and O–H groups in total. The maximum absolute atomic E-state index is 13.7. The standard InChI is InChI=1S/C25H22ClFN4O3S2/c26-19-3-8-22-23(14-19)35-25(29-22)31(16-17-2-1-11-28-15-17)24(32)18-9-12-30(13-10-18)36(33,34)21-6-4-20(27)5-7-21/h1-8,11,14-15,18H,9-10,12-13,16H2. The molecule has 0 saturated carbocycles. The van der Waals surface area contributed by atoms with Gasteiger partial charge in [0, 0.05) is 36.4 Å². The third-order valence-corrected chi connectivity index (χ3v) is 9.34. The summed E-state index contributed by atoms with van der Waals surface area (Å²) < 4.78 is 41.4. The van der Waals surface area contributed by atoms with E-state index in [0.29, 0.717) is 29.5 Å². The van der Waals surface area contributed by atoms with Gasteiger partial charge in [-0.25, -0.2) is 17.8 Å². The molecule has 186 valence electrons. The van der Waals surface area contributed by atoms with E-state index in [4.69, 9.17) is 11.6 Å². The van der Waals surface area contributed by atoms with Crippen LogP contribution in [-0.4, -0.2) is 41.7 Å². The van der Waals surface area contributed by atoms with E-state index in [9.17, 15) is 17.6 Å². The van der Waals surface area contributed by atoms with E-state index in [-0.39, 0.29) is 29.8 Å². The van der Waals surface area contributed by atoms with Crippen LogP contribution >= 0.6 is 22.9 Å². The second kappa shape index (κ2) is 10.2. The Balaban J connectivity index is 1.37. The van der Waals surface area contributed by atoms with E-state index in [1.165, 1.54) is 27.8 Å². The lowest BCUT2D eigenvalue weighted by Gasteiger charge is -2.33. The zero-order valence-corrected chi connectivity index (χ0v) is 21.4. The van der Waals surface area contributed by atoms with Crippen molar-refractivity contribution in [2.75, 3.05) is 18.0 Å². The minimum Gasteiger partial charge on any atom is -0.283 e. The largest absolute Gasteiger partial charge is 0.283 e. The van der Waals surface area contributed by atoms with Gasteiger partial charge >= 0.3 is 0 Å². The van der Waals surface area contributed by atoms with Crippen molar-refractivity contribution in [2.45, 2.75) is 24.3 Å². The van der Waals surface area contributed by atoms with E-state index in [1.54, 1.807) is 23.4 Å². The number of hydrogen-bond donors (Lipinski definition) is 0. The number of anilines is 1. The zero-order chi connectivity index (χ0) is 25.3. The maximum Gasteiger partial charge on any atom is 0.243 e. The lowest BCUT2D eigenvalue weighted by atomic mass is 9.96. The van der Waals surface area contributed by atoms with Crippen LogP contribution in [0.2, 0.25) is 5.02 Å². The molecule has 1 aliphatic heterocycles. The molecular weight excluding hydrogens is 523 g/mol. The molecule has 1 fully saturated rings. The zero-order valence-electron chi connectivity index (χ0n) is 19.0. The molecule has 0 bridgehead atoms. The molecule has 0 radical (unpaired) electrons. The fourth-order valence-electron chi connectivity index (χ4n) is 4.23. The number of halogens is 2. The number of piperidine rings is 1. The second-order valence-corrected chi connectivity index (χ2v) is 11.9. The molecule has 0 spiro atoms. The lowest BCUT2D eigenvalue weighted by molar-refractivity contribution is -0.123. The van der Waals surface area contributed by atoms with Crippen LogP contribution < -0.4 is 4.90 Å². The summed E-state index contributed by atoms with van der Waals surface area (Å²) in [5.74, 6) is -0.969. The Morgan fingerprint density at radius 3 is 2.58 bits per heavy atom. The smallest absolute Gasteiger partial charge is 0.243 e. The van der Waals surface area contributed by atoms with Gasteiger partial charge in [0.2, 0.25) is 15.9 Å². The summed E-state index contributed by atoms with van der Waals surface area (Å²) in [5, 5.41) is 1.15. The van der Waals surface area contributed by atoms with Crippen molar-refractivity contribution in [3.8, 4) is 0 Å². The number of amides is 1. The molecule has 4 aromatic rings. The molecule has 2 aromatic heterocycles. The van der Waals surface area contributed by atoms with E-state index in [1.807, 2.05) is 24.3 Å². The van der Waals surface area contributed by atoms with Gasteiger partial charge in [-0.15, -0.1) is 0 Å². The Morgan fingerprint density at radius 2 is 1.89 bits per heavy atom. The van der Waals surface area contributed by atoms with Crippen LogP contribution in [-0.2, 0) is 21.4 Å². The topological polar surface area (TPSA) is 83.5 Å². The van der Waals surface area contributed by atoms with Crippen molar-refractivity contribution in [1.82, 2.24) is 14.3 Å². The number of hydrogen-bond acceptors (Lipinski definition) is 6. The fraction of sp³-hybridized carbons (Fsp3) is 0.240.